The molecule has 0 aliphatic carbocycles. The van der Waals surface area contributed by atoms with E-state index in [-0.39, 0.29) is 12.5 Å². The molecule has 0 bridgehead atoms. The number of hydrogen-bond acceptors (Lipinski definition) is 3. The first kappa shape index (κ1) is 10.5. The van der Waals surface area contributed by atoms with E-state index < -0.39 is 0 Å². The van der Waals surface area contributed by atoms with Crippen LogP contribution in [0.5, 0.6) is 0 Å². The Balaban J connectivity index is 2.17. The van der Waals surface area contributed by atoms with Gasteiger partial charge in [-0.25, -0.2) is 0 Å². The lowest BCUT2D eigenvalue weighted by Crippen LogP contribution is -2.38. The highest BCUT2D eigenvalue weighted by atomic mass is 32.2. The maximum absolute atomic E-state index is 11.6. The topological polar surface area (TPSA) is 40.5 Å². The van der Waals surface area contributed by atoms with Gasteiger partial charge in [0.15, 0.2) is 0 Å². The van der Waals surface area contributed by atoms with Crippen LogP contribution >= 0.6 is 11.8 Å². The zero-order chi connectivity index (χ0) is 10.7. The van der Waals surface area contributed by atoms with Crippen LogP contribution in [0.4, 0.5) is 5.69 Å². The third kappa shape index (κ3) is 2.33. The van der Waals surface area contributed by atoms with Crippen LogP contribution in [0, 0.1) is 0 Å². The predicted octanol–water partition coefficient (Wildman–Crippen LogP) is 1.26. The average molecular weight is 223 g/mol. The van der Waals surface area contributed by atoms with Crippen molar-refractivity contribution in [3.8, 4) is 0 Å². The van der Waals surface area contributed by atoms with Crippen molar-refractivity contribution in [2.24, 2.45) is 0 Å². The smallest absolute Gasteiger partial charge is 0.237 e. The lowest BCUT2D eigenvalue weighted by molar-refractivity contribution is -0.116. The van der Waals surface area contributed by atoms with Gasteiger partial charge in [-0.05, 0) is 17.7 Å². The normalized spacial score (nSPS) is 16.9. The van der Waals surface area contributed by atoms with E-state index in [0.717, 1.165) is 23.5 Å². The van der Waals surface area contributed by atoms with E-state index in [4.69, 9.17) is 5.11 Å². The minimum absolute atomic E-state index is 0.0457. The zero-order valence-corrected chi connectivity index (χ0v) is 9.17. The van der Waals surface area contributed by atoms with Crippen LogP contribution in [-0.4, -0.2) is 29.1 Å². The van der Waals surface area contributed by atoms with Gasteiger partial charge in [0.2, 0.25) is 5.91 Å². The number of carbonyl (C=O) groups is 1. The standard InChI is InChI=1S/C11H13NO2S/c13-7-9-1-3-10(4-2-9)12-5-6-15-8-11(12)14/h1-4,13H,5-8H2. The Morgan fingerprint density at radius 1 is 1.33 bits per heavy atom. The first-order valence-corrected chi connectivity index (χ1v) is 6.04. The molecule has 0 spiro atoms. The molecule has 1 aliphatic rings. The molecule has 1 aromatic rings. The molecular formula is C11H13NO2S. The molecule has 15 heavy (non-hydrogen) atoms. The third-order valence-electron chi connectivity index (χ3n) is 2.42. The van der Waals surface area contributed by atoms with Gasteiger partial charge in [-0.3, -0.25) is 4.79 Å². The number of hydrogen-bond donors (Lipinski definition) is 1. The molecule has 0 unspecified atom stereocenters. The van der Waals surface area contributed by atoms with Crippen LogP contribution in [0.2, 0.25) is 0 Å². The molecule has 1 fully saturated rings. The van der Waals surface area contributed by atoms with E-state index in [0.29, 0.717) is 5.75 Å². The number of aliphatic hydroxyl groups excluding tert-OH is 1. The largest absolute Gasteiger partial charge is 0.392 e. The number of amides is 1. The van der Waals surface area contributed by atoms with E-state index in [1.807, 2.05) is 24.3 Å². The van der Waals surface area contributed by atoms with Crippen LogP contribution in [0.1, 0.15) is 5.56 Å². The van der Waals surface area contributed by atoms with E-state index >= 15 is 0 Å². The van der Waals surface area contributed by atoms with E-state index in [2.05, 4.69) is 0 Å². The Morgan fingerprint density at radius 3 is 2.67 bits per heavy atom. The summed E-state index contributed by atoms with van der Waals surface area (Å²) in [4.78, 5) is 13.4. The third-order valence-corrected chi connectivity index (χ3v) is 3.34. The molecule has 80 valence electrons. The molecule has 1 amide bonds. The quantitative estimate of drug-likeness (QED) is 0.820. The summed E-state index contributed by atoms with van der Waals surface area (Å²) in [7, 11) is 0. The van der Waals surface area contributed by atoms with Crippen LogP contribution < -0.4 is 4.90 Å². The Hall–Kier alpha value is -1.00. The van der Waals surface area contributed by atoms with E-state index in [1.54, 1.807) is 16.7 Å². The molecule has 0 saturated carbocycles. The fraction of sp³-hybridized carbons (Fsp3) is 0.364. The molecule has 2 rings (SSSR count). The summed E-state index contributed by atoms with van der Waals surface area (Å²) in [5, 5.41) is 8.91. The lowest BCUT2D eigenvalue weighted by Gasteiger charge is -2.26. The summed E-state index contributed by atoms with van der Waals surface area (Å²) in [6.07, 6.45) is 0. The SMILES string of the molecule is O=C1CSCCN1c1ccc(CO)cc1. The second-order valence-electron chi connectivity index (χ2n) is 3.42. The number of rotatable bonds is 2. The second kappa shape index (κ2) is 4.68. The molecule has 1 heterocycles. The van der Waals surface area contributed by atoms with Gasteiger partial charge < -0.3 is 10.0 Å². The van der Waals surface area contributed by atoms with Gasteiger partial charge >= 0.3 is 0 Å². The second-order valence-corrected chi connectivity index (χ2v) is 4.53. The Kier molecular flexibility index (Phi) is 3.28. The van der Waals surface area contributed by atoms with Crippen LogP contribution in [-0.2, 0) is 11.4 Å². The number of benzene rings is 1. The number of thioether (sulfide) groups is 1. The van der Waals surface area contributed by atoms with Crippen molar-refractivity contribution in [2.45, 2.75) is 6.61 Å². The zero-order valence-electron chi connectivity index (χ0n) is 8.35. The minimum atomic E-state index is 0.0457. The van der Waals surface area contributed by atoms with Gasteiger partial charge in [0.1, 0.15) is 0 Å². The van der Waals surface area contributed by atoms with Gasteiger partial charge in [-0.2, -0.15) is 11.8 Å². The first-order valence-electron chi connectivity index (χ1n) is 4.89. The van der Waals surface area contributed by atoms with Crippen molar-refractivity contribution in [2.75, 3.05) is 23.0 Å². The fourth-order valence-corrected chi connectivity index (χ4v) is 2.36. The predicted molar refractivity (Wildman–Crippen MR) is 62.0 cm³/mol. The summed E-state index contributed by atoms with van der Waals surface area (Å²) in [5.74, 6) is 1.73. The van der Waals surface area contributed by atoms with Crippen molar-refractivity contribution < 1.29 is 9.90 Å². The number of carbonyl (C=O) groups excluding carboxylic acids is 1. The molecule has 3 nitrogen and oxygen atoms in total. The molecular weight excluding hydrogens is 210 g/mol. The summed E-state index contributed by atoms with van der Waals surface area (Å²) in [5.41, 5.74) is 1.80. The lowest BCUT2D eigenvalue weighted by atomic mass is 10.2. The monoisotopic (exact) mass is 223 g/mol. The highest BCUT2D eigenvalue weighted by molar-refractivity contribution is 8.00. The van der Waals surface area contributed by atoms with Crippen molar-refractivity contribution in [3.63, 3.8) is 0 Å². The minimum Gasteiger partial charge on any atom is -0.392 e. The highest BCUT2D eigenvalue weighted by Crippen LogP contribution is 2.20. The van der Waals surface area contributed by atoms with Gasteiger partial charge in [-0.1, -0.05) is 12.1 Å². The molecule has 1 N–H and O–H groups in total. The molecule has 0 radical (unpaired) electrons. The van der Waals surface area contributed by atoms with Crippen LogP contribution in [0.15, 0.2) is 24.3 Å². The van der Waals surface area contributed by atoms with Gasteiger partial charge in [0.05, 0.1) is 12.4 Å². The maximum atomic E-state index is 11.6. The molecule has 1 aromatic carbocycles. The maximum Gasteiger partial charge on any atom is 0.237 e. The van der Waals surface area contributed by atoms with Crippen molar-refractivity contribution in [3.05, 3.63) is 29.8 Å². The summed E-state index contributed by atoms with van der Waals surface area (Å²) < 4.78 is 0. The Labute approximate surface area is 93.1 Å². The van der Waals surface area contributed by atoms with Crippen molar-refractivity contribution in [1.29, 1.82) is 0 Å². The first-order chi connectivity index (χ1) is 7.31. The molecule has 0 aromatic heterocycles. The number of anilines is 1. The van der Waals surface area contributed by atoms with E-state index in [9.17, 15) is 4.79 Å². The number of aliphatic hydroxyl groups is 1. The molecule has 1 aliphatic heterocycles. The van der Waals surface area contributed by atoms with Gasteiger partial charge in [0, 0.05) is 18.0 Å². The summed E-state index contributed by atoms with van der Waals surface area (Å²) in [6, 6.07) is 7.48. The highest BCUT2D eigenvalue weighted by Gasteiger charge is 2.19. The molecule has 4 heteroatoms. The fourth-order valence-electron chi connectivity index (χ4n) is 1.57. The molecule has 0 atom stereocenters. The van der Waals surface area contributed by atoms with Crippen LogP contribution in [0.25, 0.3) is 0 Å². The number of nitrogens with zero attached hydrogens (tertiary/aromatic N) is 1. The van der Waals surface area contributed by atoms with Crippen molar-refractivity contribution in [1.82, 2.24) is 0 Å². The summed E-state index contributed by atoms with van der Waals surface area (Å²) >= 11 is 1.68. The summed E-state index contributed by atoms with van der Waals surface area (Å²) in [6.45, 7) is 0.825. The Bertz CT molecular complexity index is 350. The Morgan fingerprint density at radius 2 is 2.07 bits per heavy atom. The van der Waals surface area contributed by atoms with Gasteiger partial charge in [0.25, 0.3) is 0 Å². The van der Waals surface area contributed by atoms with E-state index in [1.165, 1.54) is 0 Å². The molecule has 1 saturated heterocycles. The average Bonchev–Trinajstić information content (AvgIpc) is 2.30. The van der Waals surface area contributed by atoms with Gasteiger partial charge in [-0.15, -0.1) is 0 Å². The van der Waals surface area contributed by atoms with Crippen LogP contribution in [0.3, 0.4) is 0 Å². The van der Waals surface area contributed by atoms with Crippen molar-refractivity contribution >= 4 is 23.4 Å².